The number of benzene rings is 2. The van der Waals surface area contributed by atoms with Crippen LogP contribution in [0.25, 0.3) is 0 Å². The molecule has 0 bridgehead atoms. The van der Waals surface area contributed by atoms with Crippen molar-refractivity contribution in [2.45, 2.75) is 19.6 Å². The summed E-state index contributed by atoms with van der Waals surface area (Å²) in [7, 11) is 0. The molecular formula is C15H14F3NO. The van der Waals surface area contributed by atoms with Gasteiger partial charge in [0.15, 0.2) is 11.6 Å². The molecule has 0 spiro atoms. The highest BCUT2D eigenvalue weighted by Gasteiger charge is 2.09. The number of halogens is 3. The smallest absolute Gasteiger partial charge is 0.165 e. The largest absolute Gasteiger partial charge is 0.486 e. The van der Waals surface area contributed by atoms with Crippen LogP contribution in [0.2, 0.25) is 0 Å². The lowest BCUT2D eigenvalue weighted by molar-refractivity contribution is 0.284. The minimum Gasteiger partial charge on any atom is -0.486 e. The van der Waals surface area contributed by atoms with Crippen molar-refractivity contribution in [1.29, 1.82) is 0 Å². The van der Waals surface area contributed by atoms with Gasteiger partial charge in [-0.05, 0) is 42.8 Å². The van der Waals surface area contributed by atoms with Gasteiger partial charge >= 0.3 is 0 Å². The molecule has 2 N–H and O–H groups in total. The SMILES string of the molecule is C[C@H](N)c1ccc(OCc2cc(F)ccc2F)c(F)c1. The highest BCUT2D eigenvalue weighted by molar-refractivity contribution is 5.31. The van der Waals surface area contributed by atoms with Crippen molar-refractivity contribution in [3.8, 4) is 5.75 Å². The van der Waals surface area contributed by atoms with Crippen LogP contribution in [-0.4, -0.2) is 0 Å². The minimum absolute atomic E-state index is 0.0284. The van der Waals surface area contributed by atoms with E-state index in [1.807, 2.05) is 0 Å². The van der Waals surface area contributed by atoms with Gasteiger partial charge in [-0.1, -0.05) is 6.07 Å². The average Bonchev–Trinajstić information content (AvgIpc) is 2.40. The van der Waals surface area contributed by atoms with E-state index < -0.39 is 17.5 Å². The van der Waals surface area contributed by atoms with Gasteiger partial charge in [0.05, 0.1) is 0 Å². The van der Waals surface area contributed by atoms with Gasteiger partial charge in [0.2, 0.25) is 0 Å². The predicted molar refractivity (Wildman–Crippen MR) is 69.7 cm³/mol. The van der Waals surface area contributed by atoms with Gasteiger partial charge in [-0.2, -0.15) is 0 Å². The molecule has 0 amide bonds. The van der Waals surface area contributed by atoms with Crippen LogP contribution in [-0.2, 0) is 6.61 Å². The fourth-order valence-electron chi connectivity index (χ4n) is 1.73. The Hall–Kier alpha value is -2.01. The summed E-state index contributed by atoms with van der Waals surface area (Å²) in [4.78, 5) is 0. The molecule has 0 aliphatic rings. The van der Waals surface area contributed by atoms with Crippen molar-refractivity contribution < 1.29 is 17.9 Å². The number of nitrogens with two attached hydrogens (primary N) is 1. The van der Waals surface area contributed by atoms with E-state index in [1.54, 1.807) is 13.0 Å². The Balaban J connectivity index is 2.13. The minimum atomic E-state index is -0.598. The molecule has 5 heteroatoms. The third kappa shape index (κ3) is 3.30. The summed E-state index contributed by atoms with van der Waals surface area (Å²) in [5, 5.41) is 0. The van der Waals surface area contributed by atoms with Gasteiger partial charge in [-0.15, -0.1) is 0 Å². The highest BCUT2D eigenvalue weighted by atomic mass is 19.1. The first-order chi connectivity index (χ1) is 9.47. The molecule has 106 valence electrons. The zero-order valence-electron chi connectivity index (χ0n) is 10.9. The maximum atomic E-state index is 13.7. The quantitative estimate of drug-likeness (QED) is 0.927. The van der Waals surface area contributed by atoms with E-state index in [9.17, 15) is 13.2 Å². The highest BCUT2D eigenvalue weighted by Crippen LogP contribution is 2.22. The zero-order valence-corrected chi connectivity index (χ0v) is 10.9. The Morgan fingerprint density at radius 1 is 1.05 bits per heavy atom. The van der Waals surface area contributed by atoms with Crippen molar-refractivity contribution >= 4 is 0 Å². The monoisotopic (exact) mass is 281 g/mol. The third-order valence-corrected chi connectivity index (χ3v) is 2.87. The van der Waals surface area contributed by atoms with E-state index >= 15 is 0 Å². The molecule has 1 atom stereocenters. The van der Waals surface area contributed by atoms with Crippen molar-refractivity contribution in [2.24, 2.45) is 5.73 Å². The second-order valence-corrected chi connectivity index (χ2v) is 4.50. The van der Waals surface area contributed by atoms with E-state index in [2.05, 4.69) is 0 Å². The molecule has 2 aromatic carbocycles. The van der Waals surface area contributed by atoms with Crippen molar-refractivity contribution in [3.05, 3.63) is 65.0 Å². The van der Waals surface area contributed by atoms with Gasteiger partial charge in [0, 0.05) is 11.6 Å². The first kappa shape index (κ1) is 14.4. The molecule has 0 aliphatic heterocycles. The molecule has 2 aromatic rings. The van der Waals surface area contributed by atoms with Gasteiger partial charge in [0.1, 0.15) is 18.2 Å². The summed E-state index contributed by atoms with van der Waals surface area (Å²) < 4.78 is 45.3. The van der Waals surface area contributed by atoms with E-state index in [0.717, 1.165) is 18.2 Å². The van der Waals surface area contributed by atoms with E-state index in [0.29, 0.717) is 5.56 Å². The van der Waals surface area contributed by atoms with Crippen LogP contribution < -0.4 is 10.5 Å². The molecule has 0 saturated carbocycles. The topological polar surface area (TPSA) is 35.2 Å². The summed E-state index contributed by atoms with van der Waals surface area (Å²) in [6.07, 6.45) is 0. The molecule has 0 aromatic heterocycles. The molecular weight excluding hydrogens is 267 g/mol. The van der Waals surface area contributed by atoms with Crippen molar-refractivity contribution in [2.75, 3.05) is 0 Å². The van der Waals surface area contributed by atoms with Crippen LogP contribution >= 0.6 is 0 Å². The molecule has 0 radical (unpaired) electrons. The summed E-state index contributed by atoms with van der Waals surface area (Å²) in [5.41, 5.74) is 6.30. The molecule has 20 heavy (non-hydrogen) atoms. The third-order valence-electron chi connectivity index (χ3n) is 2.87. The molecule has 2 rings (SSSR count). The van der Waals surface area contributed by atoms with Crippen LogP contribution in [0.3, 0.4) is 0 Å². The van der Waals surface area contributed by atoms with Gasteiger partial charge in [0.25, 0.3) is 0 Å². The number of hydrogen-bond acceptors (Lipinski definition) is 2. The fraction of sp³-hybridized carbons (Fsp3) is 0.200. The second kappa shape index (κ2) is 5.96. The summed E-state index contributed by atoms with van der Waals surface area (Å²) in [6.45, 7) is 1.48. The fourth-order valence-corrected chi connectivity index (χ4v) is 1.73. The molecule has 0 unspecified atom stereocenters. The zero-order chi connectivity index (χ0) is 14.7. The van der Waals surface area contributed by atoms with E-state index in [-0.39, 0.29) is 24.0 Å². The average molecular weight is 281 g/mol. The summed E-state index contributed by atoms with van der Waals surface area (Å²) >= 11 is 0. The second-order valence-electron chi connectivity index (χ2n) is 4.50. The van der Waals surface area contributed by atoms with Crippen molar-refractivity contribution in [3.63, 3.8) is 0 Å². The maximum absolute atomic E-state index is 13.7. The standard InChI is InChI=1S/C15H14F3NO/c1-9(19)10-2-5-15(14(18)7-10)20-8-11-6-12(16)3-4-13(11)17/h2-7,9H,8,19H2,1H3/t9-/m0/s1. The van der Waals surface area contributed by atoms with E-state index in [4.69, 9.17) is 10.5 Å². The Bertz CT molecular complexity index is 614. The summed E-state index contributed by atoms with van der Waals surface area (Å²) in [5.74, 6) is -1.79. The van der Waals surface area contributed by atoms with Gasteiger partial charge in [-0.25, -0.2) is 13.2 Å². The van der Waals surface area contributed by atoms with Gasteiger partial charge < -0.3 is 10.5 Å². The Labute approximate surface area is 115 Å². The van der Waals surface area contributed by atoms with Crippen LogP contribution in [0.15, 0.2) is 36.4 Å². The maximum Gasteiger partial charge on any atom is 0.165 e. The Morgan fingerprint density at radius 2 is 1.80 bits per heavy atom. The van der Waals surface area contributed by atoms with Crippen LogP contribution in [0.5, 0.6) is 5.75 Å². The Morgan fingerprint density at radius 3 is 2.45 bits per heavy atom. The first-order valence-electron chi connectivity index (χ1n) is 6.09. The summed E-state index contributed by atoms with van der Waals surface area (Å²) in [6, 6.07) is 7.06. The molecule has 0 fully saturated rings. The lowest BCUT2D eigenvalue weighted by atomic mass is 10.1. The lowest BCUT2D eigenvalue weighted by Gasteiger charge is -2.11. The molecule has 0 aliphatic carbocycles. The van der Waals surface area contributed by atoms with Crippen LogP contribution in [0.1, 0.15) is 24.1 Å². The van der Waals surface area contributed by atoms with Crippen LogP contribution in [0, 0.1) is 17.5 Å². The number of ether oxygens (including phenoxy) is 1. The van der Waals surface area contributed by atoms with Crippen molar-refractivity contribution in [1.82, 2.24) is 0 Å². The molecule has 2 nitrogen and oxygen atoms in total. The van der Waals surface area contributed by atoms with E-state index in [1.165, 1.54) is 12.1 Å². The first-order valence-corrected chi connectivity index (χ1v) is 6.09. The van der Waals surface area contributed by atoms with Gasteiger partial charge in [-0.3, -0.25) is 0 Å². The molecule has 0 saturated heterocycles. The molecule has 0 heterocycles. The Kier molecular flexibility index (Phi) is 4.29. The number of hydrogen-bond donors (Lipinski definition) is 1. The normalized spacial score (nSPS) is 12.2. The lowest BCUT2D eigenvalue weighted by Crippen LogP contribution is -2.06. The number of rotatable bonds is 4. The predicted octanol–water partition coefficient (Wildman–Crippen LogP) is 3.70. The van der Waals surface area contributed by atoms with Crippen LogP contribution in [0.4, 0.5) is 13.2 Å².